The largest absolute Gasteiger partial charge is 0.494 e. The van der Waals surface area contributed by atoms with Crippen LogP contribution in [0.4, 0.5) is 4.79 Å². The molecule has 7 nitrogen and oxygen atoms in total. The van der Waals surface area contributed by atoms with E-state index in [4.69, 9.17) is 14.0 Å². The first-order valence-corrected chi connectivity index (χ1v) is 12.8. The number of aromatic nitrogens is 2. The number of carbonyl (C=O) groups excluding carboxylic acids is 1. The Morgan fingerprint density at radius 1 is 1.06 bits per heavy atom. The third kappa shape index (κ3) is 4.52. The first-order valence-electron chi connectivity index (χ1n) is 12.8. The summed E-state index contributed by atoms with van der Waals surface area (Å²) in [5, 5.41) is 2.24. The standard InChI is InChI=1S/C28H36BN3O4/c1-26(2,3)34-25(33)31-14-8-9-24(31)32-18-30-17-23(32)21-11-10-20-16-22(13-12-19(20)15-21)29-35-27(4,5)28(6,7)36-29/h10-13,15-18,24H,8-9,14H2,1-7H3. The van der Waals surface area contributed by atoms with E-state index in [1.54, 1.807) is 0 Å². The van der Waals surface area contributed by atoms with E-state index >= 15 is 0 Å². The fourth-order valence-corrected chi connectivity index (χ4v) is 4.89. The number of fused-ring (bicyclic) bond motifs is 1. The lowest BCUT2D eigenvalue weighted by Gasteiger charge is -2.32. The summed E-state index contributed by atoms with van der Waals surface area (Å²) in [5.74, 6) is 0. The second-order valence-corrected chi connectivity index (χ2v) is 11.9. The third-order valence-electron chi connectivity index (χ3n) is 7.52. The maximum atomic E-state index is 12.9. The van der Waals surface area contributed by atoms with Crippen LogP contribution in [0.15, 0.2) is 48.9 Å². The molecular formula is C28H36BN3O4. The number of imidazole rings is 1. The van der Waals surface area contributed by atoms with Gasteiger partial charge in [0, 0.05) is 12.1 Å². The number of amides is 1. The Balaban J connectivity index is 1.41. The number of ether oxygens (including phenoxy) is 1. The minimum atomic E-state index is -0.528. The summed E-state index contributed by atoms with van der Waals surface area (Å²) in [6, 6.07) is 12.7. The lowest BCUT2D eigenvalue weighted by Crippen LogP contribution is -2.41. The molecule has 190 valence electrons. The zero-order valence-electron chi connectivity index (χ0n) is 22.4. The van der Waals surface area contributed by atoms with Crippen molar-refractivity contribution in [2.45, 2.75) is 84.3 Å². The SMILES string of the molecule is CC(C)(C)OC(=O)N1CCCC1n1cncc1-c1ccc2cc(B3OC(C)(C)C(C)(C)O3)ccc2c1. The number of carbonyl (C=O) groups is 1. The van der Waals surface area contributed by atoms with Gasteiger partial charge in [-0.25, -0.2) is 9.78 Å². The number of likely N-dealkylation sites (tertiary alicyclic amines) is 1. The van der Waals surface area contributed by atoms with Crippen molar-refractivity contribution in [2.75, 3.05) is 6.54 Å². The second-order valence-electron chi connectivity index (χ2n) is 11.9. The van der Waals surface area contributed by atoms with Crippen molar-refractivity contribution in [1.29, 1.82) is 0 Å². The number of hydrogen-bond acceptors (Lipinski definition) is 5. The summed E-state index contributed by atoms with van der Waals surface area (Å²) in [6.07, 6.45) is 5.09. The van der Waals surface area contributed by atoms with Crippen LogP contribution < -0.4 is 5.46 Å². The quantitative estimate of drug-likeness (QED) is 0.453. The molecule has 8 heteroatoms. The Morgan fingerprint density at radius 2 is 1.72 bits per heavy atom. The molecule has 0 spiro atoms. The van der Waals surface area contributed by atoms with E-state index in [1.165, 1.54) is 0 Å². The summed E-state index contributed by atoms with van der Waals surface area (Å²) < 4.78 is 20.2. The first kappa shape index (κ1) is 24.8. The molecule has 0 radical (unpaired) electrons. The van der Waals surface area contributed by atoms with Gasteiger partial charge in [0.15, 0.2) is 0 Å². The zero-order valence-corrected chi connectivity index (χ0v) is 22.4. The van der Waals surface area contributed by atoms with Gasteiger partial charge in [-0.3, -0.25) is 4.90 Å². The molecule has 1 aromatic heterocycles. The fraction of sp³-hybridized carbons (Fsp3) is 0.500. The van der Waals surface area contributed by atoms with Gasteiger partial charge >= 0.3 is 13.2 Å². The van der Waals surface area contributed by atoms with Crippen molar-refractivity contribution in [3.8, 4) is 11.3 Å². The first-order chi connectivity index (χ1) is 16.8. The van der Waals surface area contributed by atoms with E-state index in [0.29, 0.717) is 6.54 Å². The molecule has 0 saturated carbocycles. The molecular weight excluding hydrogens is 453 g/mol. The van der Waals surface area contributed by atoms with Crippen LogP contribution in [0.1, 0.15) is 67.5 Å². The highest BCUT2D eigenvalue weighted by Gasteiger charge is 2.51. The van der Waals surface area contributed by atoms with E-state index in [9.17, 15) is 4.79 Å². The summed E-state index contributed by atoms with van der Waals surface area (Å²) in [7, 11) is -0.387. The van der Waals surface area contributed by atoms with Gasteiger partial charge in [-0.2, -0.15) is 0 Å². The maximum absolute atomic E-state index is 12.9. The van der Waals surface area contributed by atoms with Crippen LogP contribution >= 0.6 is 0 Å². The molecule has 5 rings (SSSR count). The Bertz CT molecular complexity index is 1280. The van der Waals surface area contributed by atoms with E-state index in [2.05, 4.69) is 73.6 Å². The maximum Gasteiger partial charge on any atom is 0.494 e. The van der Waals surface area contributed by atoms with Crippen molar-refractivity contribution in [1.82, 2.24) is 14.5 Å². The molecule has 0 aliphatic carbocycles. The summed E-state index contributed by atoms with van der Waals surface area (Å²) in [6.45, 7) is 14.6. The molecule has 0 N–H and O–H groups in total. The highest BCUT2D eigenvalue weighted by atomic mass is 16.7. The molecule has 2 aliphatic heterocycles. The van der Waals surface area contributed by atoms with Crippen LogP contribution in [0.3, 0.4) is 0 Å². The molecule has 3 heterocycles. The average Bonchev–Trinajstić information content (AvgIpc) is 3.49. The van der Waals surface area contributed by atoms with Crippen molar-refractivity contribution in [3.63, 3.8) is 0 Å². The topological polar surface area (TPSA) is 65.8 Å². The lowest BCUT2D eigenvalue weighted by molar-refractivity contribution is 0.00578. The Hall–Kier alpha value is -2.84. The normalized spacial score (nSPS) is 21.4. The van der Waals surface area contributed by atoms with Gasteiger partial charge in [0.25, 0.3) is 0 Å². The minimum absolute atomic E-state index is 0.112. The zero-order chi connectivity index (χ0) is 25.9. The molecule has 3 aromatic rings. The van der Waals surface area contributed by atoms with Crippen LogP contribution in [0.25, 0.3) is 22.0 Å². The monoisotopic (exact) mass is 489 g/mol. The molecule has 36 heavy (non-hydrogen) atoms. The molecule has 2 aliphatic rings. The summed E-state index contributed by atoms with van der Waals surface area (Å²) in [4.78, 5) is 19.1. The molecule has 1 unspecified atom stereocenters. The van der Waals surface area contributed by atoms with Gasteiger partial charge in [0.1, 0.15) is 11.8 Å². The number of nitrogens with zero attached hydrogens (tertiary/aromatic N) is 3. The molecule has 2 saturated heterocycles. The summed E-state index contributed by atoms with van der Waals surface area (Å²) in [5.41, 5.74) is 1.77. The fourth-order valence-electron chi connectivity index (χ4n) is 4.89. The molecule has 2 aromatic carbocycles. The average molecular weight is 489 g/mol. The molecule has 2 fully saturated rings. The van der Waals surface area contributed by atoms with Gasteiger partial charge in [-0.05, 0) is 83.6 Å². The van der Waals surface area contributed by atoms with Crippen molar-refractivity contribution in [2.24, 2.45) is 0 Å². The number of hydrogen-bond donors (Lipinski definition) is 0. The highest BCUT2D eigenvalue weighted by Crippen LogP contribution is 2.37. The Morgan fingerprint density at radius 3 is 2.42 bits per heavy atom. The number of rotatable bonds is 3. The van der Waals surface area contributed by atoms with Crippen LogP contribution in [0, 0.1) is 0 Å². The van der Waals surface area contributed by atoms with E-state index < -0.39 is 5.60 Å². The van der Waals surface area contributed by atoms with Crippen molar-refractivity contribution in [3.05, 3.63) is 48.9 Å². The molecule has 1 amide bonds. The number of benzene rings is 2. The van der Waals surface area contributed by atoms with Crippen molar-refractivity contribution < 1.29 is 18.8 Å². The smallest absolute Gasteiger partial charge is 0.444 e. The van der Waals surface area contributed by atoms with Gasteiger partial charge in [0.2, 0.25) is 0 Å². The highest BCUT2D eigenvalue weighted by molar-refractivity contribution is 6.62. The van der Waals surface area contributed by atoms with E-state index in [0.717, 1.165) is 40.3 Å². The third-order valence-corrected chi connectivity index (χ3v) is 7.52. The lowest BCUT2D eigenvalue weighted by atomic mass is 9.78. The second kappa shape index (κ2) is 8.63. The van der Waals surface area contributed by atoms with Crippen LogP contribution in [-0.4, -0.2) is 51.0 Å². The van der Waals surface area contributed by atoms with Gasteiger partial charge in [-0.15, -0.1) is 0 Å². The molecule has 0 bridgehead atoms. The Labute approximate surface area is 213 Å². The van der Waals surface area contributed by atoms with Gasteiger partial charge < -0.3 is 18.6 Å². The van der Waals surface area contributed by atoms with Crippen molar-refractivity contribution >= 4 is 29.4 Å². The van der Waals surface area contributed by atoms with Crippen LogP contribution in [0.2, 0.25) is 0 Å². The minimum Gasteiger partial charge on any atom is -0.444 e. The van der Waals surface area contributed by atoms with Gasteiger partial charge in [-0.1, -0.05) is 30.3 Å². The van der Waals surface area contributed by atoms with E-state index in [-0.39, 0.29) is 30.6 Å². The predicted octanol–water partition coefficient (Wildman–Crippen LogP) is 5.53. The van der Waals surface area contributed by atoms with E-state index in [1.807, 2.05) is 38.2 Å². The Kier molecular flexibility index (Phi) is 5.96. The van der Waals surface area contributed by atoms with Gasteiger partial charge in [0.05, 0.1) is 29.4 Å². The summed E-state index contributed by atoms with van der Waals surface area (Å²) >= 11 is 0. The van der Waals surface area contributed by atoms with Crippen LogP contribution in [-0.2, 0) is 14.0 Å². The molecule has 1 atom stereocenters. The predicted molar refractivity (Wildman–Crippen MR) is 142 cm³/mol. The van der Waals surface area contributed by atoms with Crippen LogP contribution in [0.5, 0.6) is 0 Å².